The molecule has 1 saturated heterocycles. The van der Waals surface area contributed by atoms with E-state index < -0.39 is 5.79 Å². The highest BCUT2D eigenvalue weighted by Crippen LogP contribution is 2.33. The SMILES string of the molecule is NC(=O)CCCCCC1COOC2(CCCCCC2)OOC1. The molecule has 1 heterocycles. The number of unbranched alkanes of at least 4 members (excludes halogenated alkanes) is 2. The van der Waals surface area contributed by atoms with Gasteiger partial charge in [-0.1, -0.05) is 25.7 Å². The molecule has 0 unspecified atom stereocenters. The number of primary amides is 1. The topological polar surface area (TPSA) is 80.0 Å². The van der Waals surface area contributed by atoms with Gasteiger partial charge in [0.2, 0.25) is 11.7 Å². The summed E-state index contributed by atoms with van der Waals surface area (Å²) in [7, 11) is 0. The fraction of sp³-hybridized carbons (Fsp3) is 0.938. The molecule has 128 valence electrons. The largest absolute Gasteiger partial charge is 0.370 e. The van der Waals surface area contributed by atoms with E-state index in [0.29, 0.717) is 19.6 Å². The summed E-state index contributed by atoms with van der Waals surface area (Å²) in [6.45, 7) is 1.06. The van der Waals surface area contributed by atoms with Crippen molar-refractivity contribution in [1.29, 1.82) is 0 Å². The van der Waals surface area contributed by atoms with Gasteiger partial charge < -0.3 is 5.73 Å². The molecule has 0 bridgehead atoms. The Balaban J connectivity index is 1.64. The number of nitrogens with two attached hydrogens (primary N) is 1. The highest BCUT2D eigenvalue weighted by atomic mass is 17.3. The molecule has 2 rings (SSSR count). The average molecular weight is 315 g/mol. The highest BCUT2D eigenvalue weighted by molar-refractivity contribution is 5.73. The van der Waals surface area contributed by atoms with Gasteiger partial charge in [0.1, 0.15) is 0 Å². The van der Waals surface area contributed by atoms with E-state index >= 15 is 0 Å². The Kier molecular flexibility index (Phi) is 7.59. The highest BCUT2D eigenvalue weighted by Gasteiger charge is 2.37. The number of carbonyl (C=O) groups excluding carboxylic acids is 1. The number of amides is 1. The predicted octanol–water partition coefficient (Wildman–Crippen LogP) is 3.00. The van der Waals surface area contributed by atoms with Crippen molar-refractivity contribution in [2.75, 3.05) is 13.2 Å². The van der Waals surface area contributed by atoms with Crippen LogP contribution in [-0.2, 0) is 24.3 Å². The quantitative estimate of drug-likeness (QED) is 0.602. The fourth-order valence-electron chi connectivity index (χ4n) is 3.05. The van der Waals surface area contributed by atoms with Crippen LogP contribution in [0.2, 0.25) is 0 Å². The molecule has 1 amide bonds. The van der Waals surface area contributed by atoms with Crippen LogP contribution in [0.15, 0.2) is 0 Å². The summed E-state index contributed by atoms with van der Waals surface area (Å²) in [6, 6.07) is 0. The van der Waals surface area contributed by atoms with Crippen molar-refractivity contribution < 1.29 is 24.3 Å². The van der Waals surface area contributed by atoms with Crippen molar-refractivity contribution >= 4 is 5.91 Å². The van der Waals surface area contributed by atoms with E-state index in [1.807, 2.05) is 0 Å². The third-order valence-corrected chi connectivity index (χ3v) is 4.43. The second-order valence-corrected chi connectivity index (χ2v) is 6.49. The van der Waals surface area contributed by atoms with Gasteiger partial charge in [-0.15, -0.1) is 0 Å². The molecule has 1 saturated carbocycles. The Morgan fingerprint density at radius 1 is 0.955 bits per heavy atom. The summed E-state index contributed by atoms with van der Waals surface area (Å²) < 4.78 is 0. The standard InChI is InChI=1S/C16H29NO5/c17-15(18)9-5-3-4-8-14-12-19-21-16(22-20-13-14)10-6-1-2-7-11-16/h14H,1-13H2,(H2,17,18). The Hall–Kier alpha value is -0.690. The second-order valence-electron chi connectivity index (χ2n) is 6.49. The first kappa shape index (κ1) is 17.7. The van der Waals surface area contributed by atoms with Crippen LogP contribution >= 0.6 is 0 Å². The zero-order chi connectivity index (χ0) is 15.7. The monoisotopic (exact) mass is 315 g/mol. The van der Waals surface area contributed by atoms with Crippen LogP contribution < -0.4 is 5.73 Å². The molecule has 6 nitrogen and oxygen atoms in total. The van der Waals surface area contributed by atoms with Gasteiger partial charge in [0, 0.05) is 25.2 Å². The van der Waals surface area contributed by atoms with Gasteiger partial charge in [-0.3, -0.25) is 4.79 Å². The maximum atomic E-state index is 10.7. The smallest absolute Gasteiger partial charge is 0.233 e. The Morgan fingerprint density at radius 3 is 2.18 bits per heavy atom. The van der Waals surface area contributed by atoms with Crippen LogP contribution in [0, 0.1) is 5.92 Å². The minimum atomic E-state index is -0.705. The fourth-order valence-corrected chi connectivity index (χ4v) is 3.05. The molecule has 2 aliphatic rings. The maximum absolute atomic E-state index is 10.7. The molecule has 6 heteroatoms. The minimum absolute atomic E-state index is 0.229. The third kappa shape index (κ3) is 6.20. The first-order chi connectivity index (χ1) is 10.7. The molecule has 0 atom stereocenters. The summed E-state index contributed by atoms with van der Waals surface area (Å²) in [5, 5.41) is 0. The van der Waals surface area contributed by atoms with Crippen LogP contribution in [0.4, 0.5) is 0 Å². The van der Waals surface area contributed by atoms with Crippen molar-refractivity contribution in [3.63, 3.8) is 0 Å². The van der Waals surface area contributed by atoms with Gasteiger partial charge in [-0.05, 0) is 25.7 Å². The minimum Gasteiger partial charge on any atom is -0.370 e. The van der Waals surface area contributed by atoms with Crippen molar-refractivity contribution in [3.05, 3.63) is 0 Å². The molecule has 0 aromatic heterocycles. The van der Waals surface area contributed by atoms with Gasteiger partial charge in [0.15, 0.2) is 0 Å². The van der Waals surface area contributed by atoms with Crippen LogP contribution in [-0.4, -0.2) is 24.9 Å². The van der Waals surface area contributed by atoms with Crippen molar-refractivity contribution in [1.82, 2.24) is 0 Å². The number of carbonyl (C=O) groups is 1. The van der Waals surface area contributed by atoms with E-state index in [1.165, 1.54) is 12.8 Å². The molecule has 0 aromatic carbocycles. The van der Waals surface area contributed by atoms with Gasteiger partial charge in [0.25, 0.3) is 0 Å². The van der Waals surface area contributed by atoms with Crippen molar-refractivity contribution in [3.8, 4) is 0 Å². The van der Waals surface area contributed by atoms with Crippen molar-refractivity contribution in [2.45, 2.75) is 76.4 Å². The van der Waals surface area contributed by atoms with Gasteiger partial charge >= 0.3 is 0 Å². The van der Waals surface area contributed by atoms with Crippen molar-refractivity contribution in [2.24, 2.45) is 11.7 Å². The molecule has 0 radical (unpaired) electrons. The number of rotatable bonds is 6. The van der Waals surface area contributed by atoms with E-state index in [4.69, 9.17) is 25.3 Å². The molecule has 1 aliphatic carbocycles. The van der Waals surface area contributed by atoms with E-state index in [2.05, 4.69) is 0 Å². The van der Waals surface area contributed by atoms with Crippen LogP contribution in [0.1, 0.15) is 70.6 Å². The zero-order valence-corrected chi connectivity index (χ0v) is 13.4. The van der Waals surface area contributed by atoms with Crippen LogP contribution in [0.3, 0.4) is 0 Å². The van der Waals surface area contributed by atoms with E-state index in [1.54, 1.807) is 0 Å². The van der Waals surface area contributed by atoms with Crippen LogP contribution in [0.5, 0.6) is 0 Å². The molecule has 1 aliphatic heterocycles. The molecule has 1 spiro atoms. The Labute approximate surface area is 132 Å². The summed E-state index contributed by atoms with van der Waals surface area (Å²) >= 11 is 0. The molecule has 2 fully saturated rings. The first-order valence-electron chi connectivity index (χ1n) is 8.60. The number of hydrogen-bond donors (Lipinski definition) is 1. The van der Waals surface area contributed by atoms with E-state index in [9.17, 15) is 4.79 Å². The summed E-state index contributed by atoms with van der Waals surface area (Å²) in [5.41, 5.74) is 5.12. The van der Waals surface area contributed by atoms with Gasteiger partial charge in [-0.2, -0.15) is 9.78 Å². The Bertz CT molecular complexity index is 316. The van der Waals surface area contributed by atoms with Gasteiger partial charge in [0.05, 0.1) is 13.2 Å². The van der Waals surface area contributed by atoms with Gasteiger partial charge in [-0.25, -0.2) is 9.78 Å². The second kappa shape index (κ2) is 9.45. The first-order valence-corrected chi connectivity index (χ1v) is 8.60. The molecule has 2 N–H and O–H groups in total. The third-order valence-electron chi connectivity index (χ3n) is 4.43. The molecule has 0 aromatic rings. The lowest BCUT2D eigenvalue weighted by Crippen LogP contribution is -2.39. The van der Waals surface area contributed by atoms with E-state index in [-0.39, 0.29) is 11.8 Å². The summed E-state index contributed by atoms with van der Waals surface area (Å²) in [6.07, 6.45) is 10.5. The predicted molar refractivity (Wildman–Crippen MR) is 80.3 cm³/mol. The lowest BCUT2D eigenvalue weighted by molar-refractivity contribution is -0.530. The van der Waals surface area contributed by atoms with Crippen LogP contribution in [0.25, 0.3) is 0 Å². The van der Waals surface area contributed by atoms with E-state index in [0.717, 1.165) is 51.4 Å². The lowest BCUT2D eigenvalue weighted by Gasteiger charge is -2.33. The lowest BCUT2D eigenvalue weighted by atomic mass is 10.0. The normalized spacial score (nSPS) is 23.6. The Morgan fingerprint density at radius 2 is 1.59 bits per heavy atom. The molecule has 22 heavy (non-hydrogen) atoms. The summed E-state index contributed by atoms with van der Waals surface area (Å²) in [5.74, 6) is -0.673. The zero-order valence-electron chi connectivity index (χ0n) is 13.4. The maximum Gasteiger partial charge on any atom is 0.233 e. The number of hydrogen-bond acceptors (Lipinski definition) is 5. The average Bonchev–Trinajstić information content (AvgIpc) is 2.70. The summed E-state index contributed by atoms with van der Waals surface area (Å²) in [4.78, 5) is 32.7. The molecular weight excluding hydrogens is 286 g/mol. The molecular formula is C16H29NO5.